The molecule has 0 radical (unpaired) electrons. The van der Waals surface area contributed by atoms with Gasteiger partial charge in [0.1, 0.15) is 11.8 Å². The van der Waals surface area contributed by atoms with Gasteiger partial charge in [-0.1, -0.05) is 60.1 Å². The number of nitrogens with one attached hydrogen (secondary N) is 2. The highest BCUT2D eigenvalue weighted by Crippen LogP contribution is 2.21. The number of aliphatic carboxylic acids is 1. The van der Waals surface area contributed by atoms with E-state index in [-0.39, 0.29) is 23.8 Å². The van der Waals surface area contributed by atoms with Crippen LogP contribution in [0.1, 0.15) is 40.1 Å². The summed E-state index contributed by atoms with van der Waals surface area (Å²) in [6.07, 6.45) is 0.00222. The third-order valence-electron chi connectivity index (χ3n) is 5.77. The van der Waals surface area contributed by atoms with Crippen LogP contribution in [-0.2, 0) is 17.6 Å². The van der Waals surface area contributed by atoms with Crippen LogP contribution < -0.4 is 10.6 Å². The van der Waals surface area contributed by atoms with E-state index in [4.69, 9.17) is 11.6 Å². The number of aromatic hydroxyl groups is 1. The molecule has 184 valence electrons. The van der Waals surface area contributed by atoms with Crippen molar-refractivity contribution in [3.63, 3.8) is 0 Å². The molecule has 5 N–H and O–H groups in total. The van der Waals surface area contributed by atoms with Gasteiger partial charge in [-0.05, 0) is 60.8 Å². The number of benzene rings is 3. The van der Waals surface area contributed by atoms with Crippen LogP contribution in [0.15, 0.2) is 72.8 Å². The number of phenols is 1. The molecule has 0 heterocycles. The van der Waals surface area contributed by atoms with Gasteiger partial charge in [0.25, 0.3) is 5.91 Å². The maximum Gasteiger partial charge on any atom is 0.326 e. The quantitative estimate of drug-likeness (QED) is 0.276. The summed E-state index contributed by atoms with van der Waals surface area (Å²) in [6, 6.07) is 19.1. The Morgan fingerprint density at radius 1 is 1.00 bits per heavy atom. The van der Waals surface area contributed by atoms with E-state index in [1.54, 1.807) is 24.3 Å². The molecule has 1 amide bonds. The lowest BCUT2D eigenvalue weighted by atomic mass is 10.0. The van der Waals surface area contributed by atoms with Gasteiger partial charge in [-0.2, -0.15) is 0 Å². The normalized spacial score (nSPS) is 13.6. The number of aliphatic hydroxyl groups is 1. The predicted octanol–water partition coefficient (Wildman–Crippen LogP) is 3.73. The van der Waals surface area contributed by atoms with Gasteiger partial charge in [-0.3, -0.25) is 4.79 Å². The summed E-state index contributed by atoms with van der Waals surface area (Å²) in [6.45, 7) is 2.40. The minimum atomic E-state index is -1.11. The molecule has 0 aliphatic rings. The van der Waals surface area contributed by atoms with E-state index in [2.05, 4.69) is 10.6 Å². The van der Waals surface area contributed by atoms with Gasteiger partial charge in [0.05, 0.1) is 6.10 Å². The number of carbonyl (C=O) groups excluding carboxylic acids is 1. The second-order valence-corrected chi connectivity index (χ2v) is 8.80. The number of rotatable bonds is 11. The average molecular weight is 497 g/mol. The van der Waals surface area contributed by atoms with Crippen molar-refractivity contribution in [1.29, 1.82) is 0 Å². The molecule has 0 bridgehead atoms. The molecule has 0 saturated heterocycles. The SMILES string of the molecule is C[C@H](NCCc1ccc(C(=O)N[C@@H](Cc2ccccc2)C(=O)O)cc1Cl)[C@H](O)c1ccc(O)cc1. The van der Waals surface area contributed by atoms with Crippen LogP contribution in [0.4, 0.5) is 0 Å². The highest BCUT2D eigenvalue weighted by Gasteiger charge is 2.22. The topological polar surface area (TPSA) is 119 Å². The van der Waals surface area contributed by atoms with Crippen LogP contribution in [0.25, 0.3) is 0 Å². The number of phenolic OH excluding ortho intramolecular Hbond substituents is 1. The monoisotopic (exact) mass is 496 g/mol. The molecule has 3 atom stereocenters. The average Bonchev–Trinajstić information content (AvgIpc) is 2.85. The zero-order chi connectivity index (χ0) is 25.4. The van der Waals surface area contributed by atoms with Gasteiger partial charge in [0, 0.05) is 23.0 Å². The highest BCUT2D eigenvalue weighted by molar-refractivity contribution is 6.31. The Balaban J connectivity index is 1.54. The van der Waals surface area contributed by atoms with Gasteiger partial charge in [-0.25, -0.2) is 4.79 Å². The van der Waals surface area contributed by atoms with Gasteiger partial charge < -0.3 is 26.0 Å². The van der Waals surface area contributed by atoms with Gasteiger partial charge in [0.15, 0.2) is 0 Å². The Morgan fingerprint density at radius 2 is 1.69 bits per heavy atom. The maximum atomic E-state index is 12.7. The fourth-order valence-corrected chi connectivity index (χ4v) is 3.96. The first-order chi connectivity index (χ1) is 16.7. The number of halogens is 1. The van der Waals surface area contributed by atoms with E-state index in [1.807, 2.05) is 37.3 Å². The second-order valence-electron chi connectivity index (χ2n) is 8.39. The molecule has 3 rings (SSSR count). The molecule has 0 aliphatic carbocycles. The van der Waals surface area contributed by atoms with Crippen LogP contribution >= 0.6 is 11.6 Å². The lowest BCUT2D eigenvalue weighted by Crippen LogP contribution is -2.42. The van der Waals surface area contributed by atoms with Crippen molar-refractivity contribution in [2.75, 3.05) is 6.54 Å². The first-order valence-corrected chi connectivity index (χ1v) is 11.7. The molecule has 0 fully saturated rings. The number of carboxylic acids is 1. The number of amides is 1. The number of hydrogen-bond acceptors (Lipinski definition) is 5. The van der Waals surface area contributed by atoms with Crippen molar-refractivity contribution in [1.82, 2.24) is 10.6 Å². The Hall–Kier alpha value is -3.39. The molecule has 0 aromatic heterocycles. The molecular weight excluding hydrogens is 468 g/mol. The molecule has 0 spiro atoms. The summed E-state index contributed by atoms with van der Waals surface area (Å²) < 4.78 is 0. The number of carbonyl (C=O) groups is 2. The molecule has 7 nitrogen and oxygen atoms in total. The molecule has 0 saturated carbocycles. The van der Waals surface area contributed by atoms with Crippen molar-refractivity contribution in [3.8, 4) is 5.75 Å². The van der Waals surface area contributed by atoms with Gasteiger partial charge in [-0.15, -0.1) is 0 Å². The van der Waals surface area contributed by atoms with E-state index < -0.39 is 24.0 Å². The summed E-state index contributed by atoms with van der Waals surface area (Å²) in [5, 5.41) is 35.6. The smallest absolute Gasteiger partial charge is 0.326 e. The molecule has 35 heavy (non-hydrogen) atoms. The van der Waals surface area contributed by atoms with Crippen LogP contribution in [0.5, 0.6) is 5.75 Å². The summed E-state index contributed by atoms with van der Waals surface area (Å²) in [4.78, 5) is 24.3. The molecule has 3 aromatic rings. The highest BCUT2D eigenvalue weighted by atomic mass is 35.5. The molecule has 0 aliphatic heterocycles. The standard InChI is InChI=1S/C27H29ClN2O5/c1-17(25(32)20-9-11-22(31)12-10-20)29-14-13-19-7-8-21(16-23(19)28)26(33)30-24(27(34)35)15-18-5-3-2-4-6-18/h2-12,16-17,24-25,29,31-32H,13-15H2,1H3,(H,30,33)(H,34,35)/t17-,24-,25-/m0/s1. The van der Waals surface area contributed by atoms with E-state index in [9.17, 15) is 24.9 Å². The Labute approximate surface area is 209 Å². The van der Waals surface area contributed by atoms with Crippen molar-refractivity contribution in [2.45, 2.75) is 38.0 Å². The summed E-state index contributed by atoms with van der Waals surface area (Å²) >= 11 is 6.39. The summed E-state index contributed by atoms with van der Waals surface area (Å²) in [5.74, 6) is -1.48. The summed E-state index contributed by atoms with van der Waals surface area (Å²) in [7, 11) is 0. The van der Waals surface area contributed by atoms with Crippen molar-refractivity contribution in [2.24, 2.45) is 0 Å². The van der Waals surface area contributed by atoms with Crippen LogP contribution in [0.3, 0.4) is 0 Å². The van der Waals surface area contributed by atoms with E-state index in [0.29, 0.717) is 23.6 Å². The Kier molecular flexibility index (Phi) is 9.25. The van der Waals surface area contributed by atoms with Crippen molar-refractivity contribution in [3.05, 3.63) is 100 Å². The van der Waals surface area contributed by atoms with E-state index >= 15 is 0 Å². The van der Waals surface area contributed by atoms with E-state index in [1.165, 1.54) is 18.2 Å². The Morgan fingerprint density at radius 3 is 2.31 bits per heavy atom. The summed E-state index contributed by atoms with van der Waals surface area (Å²) in [5.41, 5.74) is 2.61. The largest absolute Gasteiger partial charge is 0.508 e. The number of carboxylic acid groups (broad SMARTS) is 1. The fourth-order valence-electron chi connectivity index (χ4n) is 3.69. The first-order valence-electron chi connectivity index (χ1n) is 11.3. The van der Waals surface area contributed by atoms with Crippen LogP contribution in [0.2, 0.25) is 5.02 Å². The van der Waals surface area contributed by atoms with Crippen LogP contribution in [-0.4, -0.2) is 45.8 Å². The minimum absolute atomic E-state index is 0.142. The predicted molar refractivity (Wildman–Crippen MR) is 135 cm³/mol. The van der Waals surface area contributed by atoms with Gasteiger partial charge >= 0.3 is 5.97 Å². The lowest BCUT2D eigenvalue weighted by molar-refractivity contribution is -0.139. The maximum absolute atomic E-state index is 12.7. The fraction of sp³-hybridized carbons (Fsp3) is 0.259. The third-order valence-corrected chi connectivity index (χ3v) is 6.12. The molecule has 3 aromatic carbocycles. The van der Waals surface area contributed by atoms with Crippen molar-refractivity contribution >= 4 is 23.5 Å². The number of aliphatic hydroxyl groups excluding tert-OH is 1. The molecule has 0 unspecified atom stereocenters. The zero-order valence-electron chi connectivity index (χ0n) is 19.3. The molecule has 8 heteroatoms. The van der Waals surface area contributed by atoms with Crippen molar-refractivity contribution < 1.29 is 24.9 Å². The second kappa shape index (κ2) is 12.4. The number of hydrogen-bond donors (Lipinski definition) is 5. The minimum Gasteiger partial charge on any atom is -0.508 e. The van der Waals surface area contributed by atoms with Gasteiger partial charge in [0.2, 0.25) is 0 Å². The zero-order valence-corrected chi connectivity index (χ0v) is 20.1. The lowest BCUT2D eigenvalue weighted by Gasteiger charge is -2.21. The first kappa shape index (κ1) is 26.2. The Bertz CT molecular complexity index is 1140. The van der Waals surface area contributed by atoms with E-state index in [0.717, 1.165) is 11.1 Å². The van der Waals surface area contributed by atoms with Crippen LogP contribution in [0, 0.1) is 0 Å². The molecular formula is C27H29ClN2O5. The third kappa shape index (κ3) is 7.55.